The highest BCUT2D eigenvalue weighted by Crippen LogP contribution is 2.29. The molecule has 1 aliphatic carbocycles. The Balaban J connectivity index is 1.97. The summed E-state index contributed by atoms with van der Waals surface area (Å²) in [6.45, 7) is 0.945. The van der Waals surface area contributed by atoms with E-state index in [9.17, 15) is 4.79 Å². The van der Waals surface area contributed by atoms with Crippen LogP contribution in [0.3, 0.4) is 0 Å². The number of carbonyl (C=O) groups is 1. The summed E-state index contributed by atoms with van der Waals surface area (Å²) in [6.07, 6.45) is 3.69. The predicted octanol–water partition coefficient (Wildman–Crippen LogP) is 0.570. The van der Waals surface area contributed by atoms with Crippen LogP contribution in [0.2, 0.25) is 0 Å². The first-order valence-corrected chi connectivity index (χ1v) is 5.22. The summed E-state index contributed by atoms with van der Waals surface area (Å²) in [5.74, 6) is -1.06. The number of aliphatic carboxylic acids is 1. The average molecular weight is 199 g/mol. The molecule has 2 unspecified atom stereocenters. The minimum Gasteiger partial charge on any atom is -0.481 e. The van der Waals surface area contributed by atoms with Crippen molar-refractivity contribution in [1.82, 2.24) is 4.90 Å². The largest absolute Gasteiger partial charge is 0.481 e. The molecule has 0 aromatic rings. The van der Waals surface area contributed by atoms with Crippen molar-refractivity contribution in [3.05, 3.63) is 0 Å². The van der Waals surface area contributed by atoms with Crippen molar-refractivity contribution in [3.63, 3.8) is 0 Å². The van der Waals surface area contributed by atoms with Crippen LogP contribution in [0.1, 0.15) is 19.3 Å². The molecule has 2 fully saturated rings. The molecule has 1 heterocycles. The number of nitrogens with zero attached hydrogens (tertiary/aromatic N) is 1. The molecule has 0 bridgehead atoms. The van der Waals surface area contributed by atoms with Crippen molar-refractivity contribution >= 4 is 5.97 Å². The van der Waals surface area contributed by atoms with Gasteiger partial charge in [0.15, 0.2) is 0 Å². The molecule has 0 radical (unpaired) electrons. The molecule has 0 aromatic heterocycles. The van der Waals surface area contributed by atoms with E-state index in [-0.39, 0.29) is 12.0 Å². The van der Waals surface area contributed by atoms with Gasteiger partial charge in [-0.15, -0.1) is 0 Å². The molecule has 2 atom stereocenters. The fourth-order valence-corrected chi connectivity index (χ4v) is 2.25. The fourth-order valence-electron chi connectivity index (χ4n) is 2.25. The van der Waals surface area contributed by atoms with Crippen LogP contribution >= 0.6 is 0 Å². The Morgan fingerprint density at radius 2 is 2.14 bits per heavy atom. The number of likely N-dealkylation sites (N-methyl/N-ethyl adjacent to an activating group) is 1. The van der Waals surface area contributed by atoms with Crippen molar-refractivity contribution in [2.24, 2.45) is 5.92 Å². The standard InChI is InChI=1S/C10H17NO3/c1-11(7-3-2-4-7)9-6-14-5-8(9)10(12)13/h7-9H,2-6H2,1H3,(H,12,13). The molecule has 1 aliphatic heterocycles. The first kappa shape index (κ1) is 9.93. The number of hydrogen-bond donors (Lipinski definition) is 1. The molecule has 14 heavy (non-hydrogen) atoms. The van der Waals surface area contributed by atoms with Gasteiger partial charge in [0, 0.05) is 12.1 Å². The molecule has 1 N–H and O–H groups in total. The van der Waals surface area contributed by atoms with Crippen molar-refractivity contribution < 1.29 is 14.6 Å². The number of ether oxygens (including phenoxy) is 1. The second kappa shape index (κ2) is 3.87. The van der Waals surface area contributed by atoms with Crippen LogP contribution in [0, 0.1) is 5.92 Å². The van der Waals surface area contributed by atoms with E-state index in [1.54, 1.807) is 0 Å². The van der Waals surface area contributed by atoms with Crippen LogP contribution in [0.15, 0.2) is 0 Å². The van der Waals surface area contributed by atoms with Crippen molar-refractivity contribution in [2.75, 3.05) is 20.3 Å². The van der Waals surface area contributed by atoms with E-state index in [0.717, 1.165) is 0 Å². The van der Waals surface area contributed by atoms with Gasteiger partial charge in [-0.25, -0.2) is 0 Å². The quantitative estimate of drug-likeness (QED) is 0.722. The number of carboxylic acids is 1. The first-order valence-electron chi connectivity index (χ1n) is 5.22. The van der Waals surface area contributed by atoms with E-state index in [1.165, 1.54) is 19.3 Å². The van der Waals surface area contributed by atoms with E-state index >= 15 is 0 Å². The Labute approximate surface area is 83.8 Å². The fraction of sp³-hybridized carbons (Fsp3) is 0.900. The van der Waals surface area contributed by atoms with E-state index in [2.05, 4.69) is 4.90 Å². The third-order valence-corrected chi connectivity index (χ3v) is 3.54. The van der Waals surface area contributed by atoms with Crippen molar-refractivity contribution in [3.8, 4) is 0 Å². The van der Waals surface area contributed by atoms with E-state index in [0.29, 0.717) is 19.3 Å². The minimum atomic E-state index is -0.723. The number of carboxylic acid groups (broad SMARTS) is 1. The van der Waals surface area contributed by atoms with Crippen LogP contribution < -0.4 is 0 Å². The number of hydrogen-bond acceptors (Lipinski definition) is 3. The summed E-state index contributed by atoms with van der Waals surface area (Å²) < 4.78 is 5.25. The monoisotopic (exact) mass is 199 g/mol. The molecule has 4 heteroatoms. The summed E-state index contributed by atoms with van der Waals surface area (Å²) in [4.78, 5) is 13.1. The molecule has 80 valence electrons. The van der Waals surface area contributed by atoms with Gasteiger partial charge < -0.3 is 9.84 Å². The van der Waals surface area contributed by atoms with Gasteiger partial charge in [0.1, 0.15) is 0 Å². The lowest BCUT2D eigenvalue weighted by molar-refractivity contribution is -0.143. The van der Waals surface area contributed by atoms with Crippen LogP contribution in [-0.2, 0) is 9.53 Å². The maximum Gasteiger partial charge on any atom is 0.310 e. The molecule has 1 saturated heterocycles. The van der Waals surface area contributed by atoms with Gasteiger partial charge >= 0.3 is 5.97 Å². The lowest BCUT2D eigenvalue weighted by atomic mass is 9.89. The maximum atomic E-state index is 10.9. The smallest absolute Gasteiger partial charge is 0.310 e. The lowest BCUT2D eigenvalue weighted by Crippen LogP contribution is -2.48. The Bertz CT molecular complexity index is 227. The van der Waals surface area contributed by atoms with Gasteiger partial charge in [0.2, 0.25) is 0 Å². The SMILES string of the molecule is CN(C1CCC1)C1COCC1C(=O)O. The molecule has 0 aromatic carbocycles. The van der Waals surface area contributed by atoms with Gasteiger partial charge in [-0.2, -0.15) is 0 Å². The summed E-state index contributed by atoms with van der Waals surface area (Å²) in [5, 5.41) is 9.00. The lowest BCUT2D eigenvalue weighted by Gasteiger charge is -2.39. The van der Waals surface area contributed by atoms with E-state index in [4.69, 9.17) is 9.84 Å². The maximum absolute atomic E-state index is 10.9. The average Bonchev–Trinajstić information content (AvgIpc) is 2.47. The van der Waals surface area contributed by atoms with Gasteiger partial charge in [-0.1, -0.05) is 6.42 Å². The summed E-state index contributed by atoms with van der Waals surface area (Å²) in [6, 6.07) is 0.668. The topological polar surface area (TPSA) is 49.8 Å². The molecule has 2 rings (SSSR count). The van der Waals surface area contributed by atoms with Crippen LogP contribution in [-0.4, -0.2) is 48.3 Å². The molecule has 0 amide bonds. The Morgan fingerprint density at radius 1 is 1.43 bits per heavy atom. The van der Waals surface area contributed by atoms with Crippen molar-refractivity contribution in [1.29, 1.82) is 0 Å². The molecule has 4 nitrogen and oxygen atoms in total. The Hall–Kier alpha value is -0.610. The zero-order chi connectivity index (χ0) is 10.1. The van der Waals surface area contributed by atoms with Gasteiger partial charge in [0.05, 0.1) is 19.1 Å². The third kappa shape index (κ3) is 1.64. The Morgan fingerprint density at radius 3 is 2.64 bits per heavy atom. The van der Waals surface area contributed by atoms with Gasteiger partial charge in [-0.05, 0) is 19.9 Å². The highest BCUT2D eigenvalue weighted by Gasteiger charge is 2.39. The highest BCUT2D eigenvalue weighted by molar-refractivity contribution is 5.71. The summed E-state index contributed by atoms with van der Waals surface area (Å²) in [7, 11) is 2.03. The third-order valence-electron chi connectivity index (χ3n) is 3.54. The predicted molar refractivity (Wildman–Crippen MR) is 51.1 cm³/mol. The van der Waals surface area contributed by atoms with E-state index < -0.39 is 5.97 Å². The van der Waals surface area contributed by atoms with Gasteiger partial charge in [0.25, 0.3) is 0 Å². The summed E-state index contributed by atoms with van der Waals surface area (Å²) >= 11 is 0. The second-order valence-corrected chi connectivity index (χ2v) is 4.30. The molecule has 1 saturated carbocycles. The zero-order valence-electron chi connectivity index (χ0n) is 8.48. The number of rotatable bonds is 3. The first-order chi connectivity index (χ1) is 6.70. The zero-order valence-corrected chi connectivity index (χ0v) is 8.48. The minimum absolute atomic E-state index is 0.0813. The van der Waals surface area contributed by atoms with Crippen LogP contribution in [0.25, 0.3) is 0 Å². The van der Waals surface area contributed by atoms with E-state index in [1.807, 2.05) is 7.05 Å². The van der Waals surface area contributed by atoms with Crippen LogP contribution in [0.5, 0.6) is 0 Å². The molecule has 0 spiro atoms. The molecule has 2 aliphatic rings. The van der Waals surface area contributed by atoms with Crippen molar-refractivity contribution in [2.45, 2.75) is 31.3 Å². The molecular formula is C10H17NO3. The van der Waals surface area contributed by atoms with Gasteiger partial charge in [-0.3, -0.25) is 9.69 Å². The summed E-state index contributed by atoms with van der Waals surface area (Å²) in [5.41, 5.74) is 0. The highest BCUT2D eigenvalue weighted by atomic mass is 16.5. The normalized spacial score (nSPS) is 33.3. The molecular weight excluding hydrogens is 182 g/mol. The Kier molecular flexibility index (Phi) is 2.74. The van der Waals surface area contributed by atoms with Crippen LogP contribution in [0.4, 0.5) is 0 Å². The second-order valence-electron chi connectivity index (χ2n) is 4.30.